The van der Waals surface area contributed by atoms with Gasteiger partial charge in [-0.3, -0.25) is 39.2 Å². The van der Waals surface area contributed by atoms with Crippen LogP contribution in [0.2, 0.25) is 0 Å². The monoisotopic (exact) mass is 854 g/mol. The van der Waals surface area contributed by atoms with E-state index in [0.29, 0.717) is 12.8 Å². The van der Waals surface area contributed by atoms with Gasteiger partial charge in [-0.25, -0.2) is 9.59 Å². The molecule has 6 amide bonds. The van der Waals surface area contributed by atoms with E-state index >= 15 is 0 Å². The molecule has 27 nitrogen and oxygen atoms in total. The molecule has 0 aliphatic heterocycles. The summed E-state index contributed by atoms with van der Waals surface area (Å²) in [6, 6.07) is -9.18. The smallest absolute Gasteiger partial charge is 0.335 e. The number of carbonyl (C=O) groups excluding carboxylic acids is 6. The molecule has 0 fully saturated rings. The van der Waals surface area contributed by atoms with E-state index in [1.54, 1.807) is 0 Å². The van der Waals surface area contributed by atoms with Crippen LogP contribution in [0.25, 0.3) is 0 Å². The van der Waals surface area contributed by atoms with Crippen molar-refractivity contribution in [3.05, 3.63) is 10.4 Å². The molecule has 0 saturated carbocycles. The van der Waals surface area contributed by atoms with Crippen molar-refractivity contribution in [2.45, 2.75) is 134 Å². The van der Waals surface area contributed by atoms with Gasteiger partial charge >= 0.3 is 11.9 Å². The number of aliphatic hydroxyl groups is 3. The van der Waals surface area contributed by atoms with E-state index in [0.717, 1.165) is 44.3 Å². The van der Waals surface area contributed by atoms with Gasteiger partial charge in [0.1, 0.15) is 30.2 Å². The van der Waals surface area contributed by atoms with Crippen LogP contribution in [-0.2, 0) is 38.4 Å². The molecule has 8 unspecified atom stereocenters. The molecule has 0 saturated heterocycles. The molecular weight excluding hydrogens is 796 g/mol. The SMILES string of the molecule is CCCCCCCC(=O)NC(C(=O)NC(C(=O)NC(C(=O)NC(CCCN(O)N[O-])C(=O)NCC(=O)NC(CCCN(O)N[O-])C(=O)O)C(C)O)C(C)O)C(O)C(=O)O. The lowest BCUT2D eigenvalue weighted by atomic mass is 10.0. The lowest BCUT2D eigenvalue weighted by molar-refractivity contribution is -0.152. The van der Waals surface area contributed by atoms with Gasteiger partial charge in [0, 0.05) is 19.5 Å². The van der Waals surface area contributed by atoms with Crippen molar-refractivity contribution in [2.24, 2.45) is 0 Å². The van der Waals surface area contributed by atoms with Crippen molar-refractivity contribution in [3.8, 4) is 0 Å². The molecule has 0 heterocycles. The lowest BCUT2D eigenvalue weighted by Gasteiger charge is -2.29. The number of aliphatic hydroxyl groups excluding tert-OH is 3. The third kappa shape index (κ3) is 22.3. The number of unbranched alkanes of at least 4 members (excludes halogenated alkanes) is 4. The van der Waals surface area contributed by atoms with Gasteiger partial charge in [0.15, 0.2) is 6.10 Å². The summed E-state index contributed by atoms with van der Waals surface area (Å²) in [5.74, 6) is -10.3. The van der Waals surface area contributed by atoms with Gasteiger partial charge in [0.25, 0.3) is 0 Å². The number of carboxylic acids is 2. The van der Waals surface area contributed by atoms with Gasteiger partial charge in [-0.2, -0.15) is 0 Å². The molecule has 340 valence electrons. The van der Waals surface area contributed by atoms with Crippen molar-refractivity contribution in [1.82, 2.24) is 53.4 Å². The van der Waals surface area contributed by atoms with Crippen molar-refractivity contribution >= 4 is 47.4 Å². The lowest BCUT2D eigenvalue weighted by Crippen LogP contribution is -2.64. The Bertz CT molecular complexity index is 1360. The molecule has 0 aromatic carbocycles. The van der Waals surface area contributed by atoms with E-state index in [1.807, 2.05) is 12.2 Å². The first-order valence-electron chi connectivity index (χ1n) is 18.7. The van der Waals surface area contributed by atoms with Crippen LogP contribution in [0.1, 0.15) is 85.0 Å². The fraction of sp³-hybridized carbons (Fsp3) is 0.750. The van der Waals surface area contributed by atoms with Crippen LogP contribution in [-0.4, -0.2) is 162 Å². The van der Waals surface area contributed by atoms with E-state index in [9.17, 15) is 79.5 Å². The zero-order chi connectivity index (χ0) is 45.2. The maximum atomic E-state index is 13.4. The normalized spacial score (nSPS) is 15.4. The fourth-order valence-electron chi connectivity index (χ4n) is 5.17. The fourth-order valence-corrected chi connectivity index (χ4v) is 5.17. The topological polar surface area (TPSA) is 427 Å². The van der Waals surface area contributed by atoms with E-state index in [-0.39, 0.29) is 49.0 Å². The Morgan fingerprint density at radius 1 is 0.559 bits per heavy atom. The first kappa shape index (κ1) is 54.3. The predicted octanol–water partition coefficient (Wildman–Crippen LogP) is -4.87. The summed E-state index contributed by atoms with van der Waals surface area (Å²) >= 11 is 0. The second-order valence-corrected chi connectivity index (χ2v) is 13.4. The van der Waals surface area contributed by atoms with Gasteiger partial charge in [0.2, 0.25) is 35.4 Å². The molecule has 27 heteroatoms. The molecular formula is C32H58N10O17-2. The van der Waals surface area contributed by atoms with Crippen molar-refractivity contribution < 1.29 is 74.3 Å². The van der Waals surface area contributed by atoms with Gasteiger partial charge < -0.3 is 79.0 Å². The van der Waals surface area contributed by atoms with E-state index in [2.05, 4.69) is 26.6 Å². The van der Waals surface area contributed by atoms with Crippen LogP contribution in [0.4, 0.5) is 0 Å². The summed E-state index contributed by atoms with van der Waals surface area (Å²) in [7, 11) is 0. The number of carboxylic acid groups (broad SMARTS) is 2. The Hall–Kier alpha value is -4.68. The molecule has 0 spiro atoms. The summed E-state index contributed by atoms with van der Waals surface area (Å²) < 4.78 is 0. The maximum Gasteiger partial charge on any atom is 0.335 e. The quantitative estimate of drug-likeness (QED) is 0.0223. The molecule has 0 aliphatic rings. The summed E-state index contributed by atoms with van der Waals surface area (Å²) in [4.78, 5) is 101. The van der Waals surface area contributed by atoms with Crippen molar-refractivity contribution in [2.75, 3.05) is 19.6 Å². The predicted molar refractivity (Wildman–Crippen MR) is 199 cm³/mol. The third-order valence-corrected chi connectivity index (χ3v) is 8.43. The van der Waals surface area contributed by atoms with E-state index < -0.39 is 109 Å². The Kier molecular flexibility index (Phi) is 27.2. The Labute approximate surface area is 338 Å². The second kappa shape index (κ2) is 29.5. The molecule has 0 aliphatic carbocycles. The number of hydrogen-bond acceptors (Lipinski definition) is 19. The molecule has 59 heavy (non-hydrogen) atoms. The number of carbonyl (C=O) groups is 8. The minimum Gasteiger partial charge on any atom is -0.773 e. The van der Waals surface area contributed by atoms with Gasteiger partial charge in [-0.05, 0) is 46.0 Å². The van der Waals surface area contributed by atoms with Gasteiger partial charge in [0.05, 0.1) is 18.8 Å². The zero-order valence-corrected chi connectivity index (χ0v) is 32.9. The van der Waals surface area contributed by atoms with Crippen molar-refractivity contribution in [1.29, 1.82) is 0 Å². The first-order valence-corrected chi connectivity index (χ1v) is 18.7. The minimum absolute atomic E-state index is 0.0687. The number of rotatable bonds is 32. The van der Waals surface area contributed by atoms with Crippen LogP contribution in [0.15, 0.2) is 0 Å². The Morgan fingerprint density at radius 2 is 1.03 bits per heavy atom. The summed E-state index contributed by atoms with van der Waals surface area (Å²) in [6.45, 7) is 2.49. The molecule has 0 bridgehead atoms. The number of hydrazine groups is 2. The first-order chi connectivity index (χ1) is 27.7. The Balaban J connectivity index is 5.96. The second-order valence-electron chi connectivity index (χ2n) is 13.4. The van der Waals surface area contributed by atoms with Gasteiger partial charge in [-0.15, -0.1) is 10.3 Å². The highest BCUT2D eigenvalue weighted by Crippen LogP contribution is 2.08. The molecule has 8 atom stereocenters. The average Bonchev–Trinajstić information content (AvgIpc) is 3.17. The van der Waals surface area contributed by atoms with E-state index in [1.165, 1.54) is 0 Å². The maximum absolute atomic E-state index is 13.4. The van der Waals surface area contributed by atoms with Crippen LogP contribution in [0, 0.1) is 10.4 Å². The zero-order valence-electron chi connectivity index (χ0n) is 32.9. The van der Waals surface area contributed by atoms with Crippen LogP contribution < -0.4 is 43.1 Å². The van der Waals surface area contributed by atoms with Crippen molar-refractivity contribution in [3.63, 3.8) is 0 Å². The summed E-state index contributed by atoms with van der Waals surface area (Å²) in [6.07, 6.45) is -3.24. The largest absolute Gasteiger partial charge is 0.773 e. The minimum atomic E-state index is -2.49. The highest BCUT2D eigenvalue weighted by Gasteiger charge is 2.38. The average molecular weight is 855 g/mol. The standard InChI is InChI=1S/C32H58N10O17/c1-4-5-6-7-8-13-21(45)36-25(26(47)32(54)55)30(51)38-24(18(3)44)29(50)37-23(17(2)43)28(49)35-19(11-9-14-41(58)39-56)27(48)33-16-22(46)34-20(31(52)53)12-10-15-42(59)40-57/h17-20,23-26,39-40,43-44,47,58-59H,4-16H2,1-3H3,(H,33,48)(H,34,46)(H,35,49)(H,36,45)(H,37,50)(H,38,51)(H,52,53)(H,54,55)/q-2. The number of aliphatic carboxylic acids is 2. The molecule has 0 rings (SSSR count). The van der Waals surface area contributed by atoms with Crippen LogP contribution in [0.3, 0.4) is 0 Å². The number of hydroxylamine groups is 2. The summed E-state index contributed by atoms with van der Waals surface area (Å²) in [5, 5.41) is 102. The van der Waals surface area contributed by atoms with Crippen LogP contribution >= 0.6 is 0 Å². The molecule has 0 aromatic heterocycles. The number of amides is 6. The highest BCUT2D eigenvalue weighted by atomic mass is 16.7. The molecule has 0 radical (unpaired) electrons. The van der Waals surface area contributed by atoms with E-state index in [4.69, 9.17) is 5.21 Å². The third-order valence-electron chi connectivity index (χ3n) is 8.43. The number of hydrogen-bond donors (Lipinski definition) is 15. The molecule has 0 aromatic rings. The molecule has 15 N–H and O–H groups in total. The summed E-state index contributed by atoms with van der Waals surface area (Å²) in [5.41, 5.74) is 2.30. The van der Waals surface area contributed by atoms with Crippen LogP contribution in [0.5, 0.6) is 0 Å². The number of nitrogens with one attached hydrogen (secondary N) is 8. The number of nitrogens with zero attached hydrogens (tertiary/aromatic N) is 2. The Morgan fingerprint density at radius 3 is 1.49 bits per heavy atom. The van der Waals surface area contributed by atoms with Gasteiger partial charge in [-0.1, -0.05) is 32.6 Å². The highest BCUT2D eigenvalue weighted by molar-refractivity contribution is 5.98.